The van der Waals surface area contributed by atoms with Gasteiger partial charge in [0.05, 0.1) is 5.69 Å². The van der Waals surface area contributed by atoms with Crippen LogP contribution >= 0.6 is 0 Å². The Balaban J connectivity index is 2.56. The van der Waals surface area contributed by atoms with Crippen molar-refractivity contribution in [1.29, 1.82) is 0 Å². The molecule has 2 rings (SSSR count). The molecule has 0 spiro atoms. The SMILES string of the molecule is Cc1ncoc1-c1nncn1C(C)(C)C. The molecular formula is C10H14N4O. The fourth-order valence-electron chi connectivity index (χ4n) is 1.40. The second-order valence-electron chi connectivity index (χ2n) is 4.46. The van der Waals surface area contributed by atoms with Crippen LogP contribution in [0.3, 0.4) is 0 Å². The van der Waals surface area contributed by atoms with Crippen LogP contribution in [-0.2, 0) is 5.54 Å². The largest absolute Gasteiger partial charge is 0.440 e. The molecule has 2 heterocycles. The number of rotatable bonds is 1. The van der Waals surface area contributed by atoms with E-state index in [9.17, 15) is 0 Å². The van der Waals surface area contributed by atoms with E-state index in [1.54, 1.807) is 6.33 Å². The molecule has 0 atom stereocenters. The molecule has 80 valence electrons. The molecule has 0 amide bonds. The first-order chi connectivity index (χ1) is 7.00. The van der Waals surface area contributed by atoms with Gasteiger partial charge in [-0.05, 0) is 27.7 Å². The quantitative estimate of drug-likeness (QED) is 0.716. The zero-order valence-corrected chi connectivity index (χ0v) is 9.35. The van der Waals surface area contributed by atoms with Gasteiger partial charge in [-0.3, -0.25) is 0 Å². The number of nitrogens with zero attached hydrogens (tertiary/aromatic N) is 4. The molecule has 15 heavy (non-hydrogen) atoms. The van der Waals surface area contributed by atoms with E-state index in [1.807, 2.05) is 11.5 Å². The lowest BCUT2D eigenvalue weighted by Gasteiger charge is -2.21. The molecule has 0 bridgehead atoms. The van der Waals surface area contributed by atoms with Crippen molar-refractivity contribution in [3.05, 3.63) is 18.4 Å². The van der Waals surface area contributed by atoms with Gasteiger partial charge in [-0.2, -0.15) is 0 Å². The minimum absolute atomic E-state index is 0.0714. The molecule has 0 aromatic carbocycles. The van der Waals surface area contributed by atoms with Gasteiger partial charge in [0.15, 0.2) is 12.2 Å². The molecule has 5 heteroatoms. The average molecular weight is 206 g/mol. The van der Waals surface area contributed by atoms with Crippen molar-refractivity contribution in [3.63, 3.8) is 0 Å². The van der Waals surface area contributed by atoms with Gasteiger partial charge < -0.3 is 8.98 Å². The van der Waals surface area contributed by atoms with Crippen molar-refractivity contribution < 1.29 is 4.42 Å². The maximum absolute atomic E-state index is 5.31. The molecule has 0 unspecified atom stereocenters. The molecule has 0 aliphatic rings. The van der Waals surface area contributed by atoms with Gasteiger partial charge in [0.25, 0.3) is 0 Å². The third-order valence-corrected chi connectivity index (χ3v) is 2.22. The number of aryl methyl sites for hydroxylation is 1. The van der Waals surface area contributed by atoms with Crippen LogP contribution in [-0.4, -0.2) is 19.7 Å². The summed E-state index contributed by atoms with van der Waals surface area (Å²) in [6.45, 7) is 8.16. The summed E-state index contributed by atoms with van der Waals surface area (Å²) in [5, 5.41) is 7.98. The second kappa shape index (κ2) is 3.18. The second-order valence-corrected chi connectivity index (χ2v) is 4.46. The maximum Gasteiger partial charge on any atom is 0.202 e. The standard InChI is InChI=1S/C10H14N4O/c1-7-8(15-6-11-7)9-13-12-5-14(9)10(2,3)4/h5-6H,1-4H3. The van der Waals surface area contributed by atoms with E-state index in [2.05, 4.69) is 36.0 Å². The lowest BCUT2D eigenvalue weighted by Crippen LogP contribution is -2.21. The van der Waals surface area contributed by atoms with Crippen molar-refractivity contribution in [2.24, 2.45) is 0 Å². The Morgan fingerprint density at radius 3 is 2.60 bits per heavy atom. The van der Waals surface area contributed by atoms with Crippen LogP contribution in [0.1, 0.15) is 26.5 Å². The maximum atomic E-state index is 5.31. The van der Waals surface area contributed by atoms with E-state index in [0.717, 1.165) is 11.5 Å². The highest BCUT2D eigenvalue weighted by Gasteiger charge is 2.21. The Hall–Kier alpha value is -1.65. The van der Waals surface area contributed by atoms with Crippen LogP contribution in [0.2, 0.25) is 0 Å². The predicted molar refractivity (Wildman–Crippen MR) is 55.3 cm³/mol. The first-order valence-corrected chi connectivity index (χ1v) is 4.81. The Labute approximate surface area is 88.2 Å². The van der Waals surface area contributed by atoms with Gasteiger partial charge in [0.2, 0.25) is 5.82 Å². The van der Waals surface area contributed by atoms with Gasteiger partial charge in [0.1, 0.15) is 6.33 Å². The van der Waals surface area contributed by atoms with E-state index in [0.29, 0.717) is 5.76 Å². The van der Waals surface area contributed by atoms with Crippen LogP contribution in [0.5, 0.6) is 0 Å². The summed E-state index contributed by atoms with van der Waals surface area (Å²) in [4.78, 5) is 4.05. The van der Waals surface area contributed by atoms with Gasteiger partial charge in [-0.25, -0.2) is 4.98 Å². The summed E-state index contributed by atoms with van der Waals surface area (Å²) in [7, 11) is 0. The van der Waals surface area contributed by atoms with E-state index < -0.39 is 0 Å². The highest BCUT2D eigenvalue weighted by molar-refractivity contribution is 5.49. The normalized spacial score (nSPS) is 12.0. The summed E-state index contributed by atoms with van der Waals surface area (Å²) >= 11 is 0. The summed E-state index contributed by atoms with van der Waals surface area (Å²) in [6, 6.07) is 0. The fraction of sp³-hybridized carbons (Fsp3) is 0.500. The number of hydrogen-bond acceptors (Lipinski definition) is 4. The molecule has 0 fully saturated rings. The summed E-state index contributed by atoms with van der Waals surface area (Å²) in [5.41, 5.74) is 0.756. The van der Waals surface area contributed by atoms with E-state index >= 15 is 0 Å². The third-order valence-electron chi connectivity index (χ3n) is 2.22. The van der Waals surface area contributed by atoms with Crippen molar-refractivity contribution in [3.8, 4) is 11.6 Å². The molecule has 0 N–H and O–H groups in total. The molecule has 0 aliphatic carbocycles. The first-order valence-electron chi connectivity index (χ1n) is 4.81. The van der Waals surface area contributed by atoms with Gasteiger partial charge in [-0.1, -0.05) is 0 Å². The minimum Gasteiger partial charge on any atom is -0.440 e. The lowest BCUT2D eigenvalue weighted by molar-refractivity contribution is 0.395. The predicted octanol–water partition coefficient (Wildman–Crippen LogP) is 2.00. The zero-order chi connectivity index (χ0) is 11.1. The van der Waals surface area contributed by atoms with Crippen LogP contribution < -0.4 is 0 Å². The van der Waals surface area contributed by atoms with E-state index in [4.69, 9.17) is 4.42 Å². The number of hydrogen-bond donors (Lipinski definition) is 0. The number of oxazole rings is 1. The van der Waals surface area contributed by atoms with Crippen LogP contribution in [0.4, 0.5) is 0 Å². The van der Waals surface area contributed by atoms with Crippen LogP contribution in [0, 0.1) is 6.92 Å². The molecule has 0 saturated carbocycles. The summed E-state index contributed by atoms with van der Waals surface area (Å²) in [5.74, 6) is 1.40. The summed E-state index contributed by atoms with van der Waals surface area (Å²) < 4.78 is 7.28. The lowest BCUT2D eigenvalue weighted by atomic mass is 10.1. The fourth-order valence-corrected chi connectivity index (χ4v) is 1.40. The van der Waals surface area contributed by atoms with Crippen molar-refractivity contribution in [1.82, 2.24) is 19.7 Å². The van der Waals surface area contributed by atoms with Crippen LogP contribution in [0.15, 0.2) is 17.1 Å². The molecule has 2 aromatic rings. The van der Waals surface area contributed by atoms with E-state index in [-0.39, 0.29) is 5.54 Å². The van der Waals surface area contributed by atoms with Crippen molar-refractivity contribution in [2.75, 3.05) is 0 Å². The molecular weight excluding hydrogens is 192 g/mol. The monoisotopic (exact) mass is 206 g/mol. The Morgan fingerprint density at radius 2 is 2.07 bits per heavy atom. The highest BCUT2D eigenvalue weighted by Crippen LogP contribution is 2.25. The first kappa shape index (κ1) is 9.89. The van der Waals surface area contributed by atoms with Gasteiger partial charge in [0, 0.05) is 5.54 Å². The Bertz CT molecular complexity index is 464. The molecule has 5 nitrogen and oxygen atoms in total. The third kappa shape index (κ3) is 1.65. The smallest absolute Gasteiger partial charge is 0.202 e. The van der Waals surface area contributed by atoms with Crippen molar-refractivity contribution in [2.45, 2.75) is 33.2 Å². The number of aromatic nitrogens is 4. The minimum atomic E-state index is -0.0714. The average Bonchev–Trinajstić information content (AvgIpc) is 2.69. The zero-order valence-electron chi connectivity index (χ0n) is 9.35. The Kier molecular flexibility index (Phi) is 2.10. The Morgan fingerprint density at radius 1 is 1.33 bits per heavy atom. The van der Waals surface area contributed by atoms with Gasteiger partial charge in [-0.15, -0.1) is 10.2 Å². The van der Waals surface area contributed by atoms with E-state index in [1.165, 1.54) is 6.39 Å². The topological polar surface area (TPSA) is 56.7 Å². The van der Waals surface area contributed by atoms with Crippen molar-refractivity contribution >= 4 is 0 Å². The van der Waals surface area contributed by atoms with Gasteiger partial charge >= 0.3 is 0 Å². The molecule has 0 aliphatic heterocycles. The summed E-state index contributed by atoms with van der Waals surface area (Å²) in [6.07, 6.45) is 3.13. The highest BCUT2D eigenvalue weighted by atomic mass is 16.3. The molecule has 0 radical (unpaired) electrons. The van der Waals surface area contributed by atoms with Crippen LogP contribution in [0.25, 0.3) is 11.6 Å². The molecule has 0 saturated heterocycles. The molecule has 2 aromatic heterocycles.